The SMILES string of the molecule is COC(=O)c1ccccc1N1CCOc2cc(CN3CCCCC3)cnc21. The third-order valence-corrected chi connectivity index (χ3v) is 5.17. The van der Waals surface area contributed by atoms with E-state index in [0.717, 1.165) is 36.9 Å². The summed E-state index contributed by atoms with van der Waals surface area (Å²) < 4.78 is 10.8. The van der Waals surface area contributed by atoms with Gasteiger partial charge in [-0.2, -0.15) is 0 Å². The predicted molar refractivity (Wildman–Crippen MR) is 104 cm³/mol. The van der Waals surface area contributed by atoms with E-state index in [4.69, 9.17) is 14.5 Å². The Kier molecular flexibility index (Phi) is 5.25. The van der Waals surface area contributed by atoms with Gasteiger partial charge in [0.2, 0.25) is 0 Å². The second-order valence-electron chi connectivity index (χ2n) is 7.01. The normalized spacial score (nSPS) is 17.1. The van der Waals surface area contributed by atoms with E-state index in [-0.39, 0.29) is 5.97 Å². The second-order valence-corrected chi connectivity index (χ2v) is 7.01. The van der Waals surface area contributed by atoms with E-state index >= 15 is 0 Å². The van der Waals surface area contributed by atoms with Gasteiger partial charge in [0.1, 0.15) is 6.61 Å². The predicted octanol–water partition coefficient (Wildman–Crippen LogP) is 3.38. The lowest BCUT2D eigenvalue weighted by atomic mass is 10.1. The molecule has 1 fully saturated rings. The molecule has 1 aromatic carbocycles. The first kappa shape index (κ1) is 17.8. The molecule has 0 radical (unpaired) electrons. The van der Waals surface area contributed by atoms with Crippen molar-refractivity contribution < 1.29 is 14.3 Å². The number of pyridine rings is 1. The molecule has 3 heterocycles. The maximum Gasteiger partial charge on any atom is 0.339 e. The molecule has 0 saturated carbocycles. The van der Waals surface area contributed by atoms with Crippen molar-refractivity contribution in [3.63, 3.8) is 0 Å². The molecule has 0 unspecified atom stereocenters. The zero-order chi connectivity index (χ0) is 18.6. The fourth-order valence-electron chi connectivity index (χ4n) is 3.83. The quantitative estimate of drug-likeness (QED) is 0.772. The van der Waals surface area contributed by atoms with Gasteiger partial charge in [-0.3, -0.25) is 4.90 Å². The molecule has 0 bridgehead atoms. The summed E-state index contributed by atoms with van der Waals surface area (Å²) in [6.07, 6.45) is 5.80. The number of hydrogen-bond acceptors (Lipinski definition) is 6. The molecule has 27 heavy (non-hydrogen) atoms. The van der Waals surface area contributed by atoms with Crippen LogP contribution in [0.2, 0.25) is 0 Å². The Morgan fingerprint density at radius 3 is 2.81 bits per heavy atom. The van der Waals surface area contributed by atoms with Crippen LogP contribution in [0.5, 0.6) is 5.75 Å². The highest BCUT2D eigenvalue weighted by molar-refractivity contribution is 5.97. The largest absolute Gasteiger partial charge is 0.488 e. The van der Waals surface area contributed by atoms with Gasteiger partial charge < -0.3 is 14.4 Å². The van der Waals surface area contributed by atoms with Crippen molar-refractivity contribution in [3.05, 3.63) is 47.7 Å². The number of rotatable bonds is 4. The number of hydrogen-bond donors (Lipinski definition) is 0. The summed E-state index contributed by atoms with van der Waals surface area (Å²) in [7, 11) is 1.40. The number of fused-ring (bicyclic) bond motifs is 1. The van der Waals surface area contributed by atoms with Crippen LogP contribution in [0.1, 0.15) is 35.2 Å². The fourth-order valence-corrected chi connectivity index (χ4v) is 3.83. The van der Waals surface area contributed by atoms with Crippen molar-refractivity contribution in [1.29, 1.82) is 0 Å². The zero-order valence-electron chi connectivity index (χ0n) is 15.7. The van der Waals surface area contributed by atoms with E-state index in [9.17, 15) is 4.79 Å². The summed E-state index contributed by atoms with van der Waals surface area (Å²) in [5, 5.41) is 0. The summed E-state index contributed by atoms with van der Waals surface area (Å²) in [6.45, 7) is 4.40. The molecule has 1 aromatic heterocycles. The number of anilines is 2. The number of piperidine rings is 1. The Bertz CT molecular complexity index is 818. The topological polar surface area (TPSA) is 54.9 Å². The molecule has 0 aliphatic carbocycles. The molecule has 4 rings (SSSR count). The van der Waals surface area contributed by atoms with Crippen molar-refractivity contribution in [1.82, 2.24) is 9.88 Å². The third kappa shape index (κ3) is 3.76. The van der Waals surface area contributed by atoms with E-state index in [2.05, 4.69) is 11.0 Å². The highest BCUT2D eigenvalue weighted by atomic mass is 16.5. The van der Waals surface area contributed by atoms with Crippen LogP contribution in [0, 0.1) is 0 Å². The number of carbonyl (C=O) groups is 1. The summed E-state index contributed by atoms with van der Waals surface area (Å²) in [4.78, 5) is 21.4. The van der Waals surface area contributed by atoms with Crippen LogP contribution >= 0.6 is 0 Å². The van der Waals surface area contributed by atoms with Crippen molar-refractivity contribution in [3.8, 4) is 5.75 Å². The summed E-state index contributed by atoms with van der Waals surface area (Å²) in [5.41, 5.74) is 2.50. The number of esters is 1. The highest BCUT2D eigenvalue weighted by Gasteiger charge is 2.25. The van der Waals surface area contributed by atoms with Crippen molar-refractivity contribution in [2.24, 2.45) is 0 Å². The first-order valence-electron chi connectivity index (χ1n) is 9.55. The average molecular weight is 367 g/mol. The number of likely N-dealkylation sites (tertiary alicyclic amines) is 1. The Hall–Kier alpha value is -2.60. The van der Waals surface area contributed by atoms with Gasteiger partial charge in [-0.1, -0.05) is 18.6 Å². The Morgan fingerprint density at radius 2 is 2.00 bits per heavy atom. The van der Waals surface area contributed by atoms with Crippen LogP contribution in [0.4, 0.5) is 11.5 Å². The average Bonchev–Trinajstić information content (AvgIpc) is 2.73. The Balaban J connectivity index is 1.61. The standard InChI is InChI=1S/C21H25N3O3/c1-26-21(25)17-7-3-4-8-18(17)24-11-12-27-19-13-16(14-22-20(19)24)15-23-9-5-2-6-10-23/h3-4,7-8,13-14H,2,5-6,9-12,15H2,1H3. The molecule has 6 nitrogen and oxygen atoms in total. The van der Waals surface area contributed by atoms with Crippen LogP contribution < -0.4 is 9.64 Å². The minimum absolute atomic E-state index is 0.347. The van der Waals surface area contributed by atoms with Gasteiger partial charge >= 0.3 is 5.97 Å². The molecule has 0 spiro atoms. The number of para-hydroxylation sites is 1. The fraction of sp³-hybridized carbons (Fsp3) is 0.429. The first-order chi connectivity index (χ1) is 13.3. The van der Waals surface area contributed by atoms with Crippen molar-refractivity contribution >= 4 is 17.5 Å². The van der Waals surface area contributed by atoms with E-state index in [0.29, 0.717) is 18.7 Å². The van der Waals surface area contributed by atoms with Crippen LogP contribution in [0.15, 0.2) is 36.5 Å². The van der Waals surface area contributed by atoms with Gasteiger partial charge in [0, 0.05) is 12.7 Å². The Labute approximate surface area is 159 Å². The van der Waals surface area contributed by atoms with Gasteiger partial charge in [-0.15, -0.1) is 0 Å². The molecule has 2 aromatic rings. The summed E-state index contributed by atoms with van der Waals surface area (Å²) in [6, 6.07) is 9.55. The Morgan fingerprint density at radius 1 is 1.19 bits per heavy atom. The lowest BCUT2D eigenvalue weighted by Gasteiger charge is -2.32. The zero-order valence-corrected chi connectivity index (χ0v) is 15.7. The van der Waals surface area contributed by atoms with Crippen LogP contribution in [-0.2, 0) is 11.3 Å². The summed E-state index contributed by atoms with van der Waals surface area (Å²) >= 11 is 0. The molecule has 142 valence electrons. The molecule has 0 atom stereocenters. The maximum absolute atomic E-state index is 12.2. The monoisotopic (exact) mass is 367 g/mol. The third-order valence-electron chi connectivity index (χ3n) is 5.17. The highest BCUT2D eigenvalue weighted by Crippen LogP contribution is 2.37. The van der Waals surface area contributed by atoms with E-state index in [1.165, 1.54) is 31.9 Å². The van der Waals surface area contributed by atoms with Crippen LogP contribution in [0.25, 0.3) is 0 Å². The lowest BCUT2D eigenvalue weighted by Crippen LogP contribution is -2.31. The molecular formula is C21H25N3O3. The first-order valence-corrected chi connectivity index (χ1v) is 9.55. The van der Waals surface area contributed by atoms with Crippen molar-refractivity contribution in [2.75, 3.05) is 38.3 Å². The van der Waals surface area contributed by atoms with Gasteiger partial charge in [-0.05, 0) is 49.7 Å². The van der Waals surface area contributed by atoms with E-state index < -0.39 is 0 Å². The molecule has 6 heteroatoms. The van der Waals surface area contributed by atoms with Gasteiger partial charge in [0.15, 0.2) is 11.6 Å². The van der Waals surface area contributed by atoms with E-state index in [1.54, 1.807) is 6.07 Å². The molecule has 2 aliphatic rings. The summed E-state index contributed by atoms with van der Waals surface area (Å²) in [5.74, 6) is 1.18. The number of carbonyl (C=O) groups excluding carboxylic acids is 1. The molecule has 1 saturated heterocycles. The molecule has 0 amide bonds. The smallest absolute Gasteiger partial charge is 0.339 e. The second kappa shape index (κ2) is 7.96. The number of aromatic nitrogens is 1. The maximum atomic E-state index is 12.2. The van der Waals surface area contributed by atoms with E-state index in [1.807, 2.05) is 29.3 Å². The van der Waals surface area contributed by atoms with Gasteiger partial charge in [-0.25, -0.2) is 9.78 Å². The molecule has 0 N–H and O–H groups in total. The van der Waals surface area contributed by atoms with Crippen molar-refractivity contribution in [2.45, 2.75) is 25.8 Å². The number of nitrogens with zero attached hydrogens (tertiary/aromatic N) is 3. The van der Waals surface area contributed by atoms with Gasteiger partial charge in [0.05, 0.1) is 24.9 Å². The number of benzene rings is 1. The number of ether oxygens (including phenoxy) is 2. The van der Waals surface area contributed by atoms with Crippen LogP contribution in [0.3, 0.4) is 0 Å². The lowest BCUT2D eigenvalue weighted by molar-refractivity contribution is 0.0601. The number of methoxy groups -OCH3 is 1. The molecule has 2 aliphatic heterocycles. The minimum atomic E-state index is -0.347. The molecular weight excluding hydrogens is 342 g/mol. The van der Waals surface area contributed by atoms with Crippen LogP contribution in [-0.4, -0.2) is 49.2 Å². The van der Waals surface area contributed by atoms with Gasteiger partial charge in [0.25, 0.3) is 0 Å². The minimum Gasteiger partial charge on any atom is -0.488 e.